The largest absolute Gasteiger partial charge is 0.497 e. The van der Waals surface area contributed by atoms with Gasteiger partial charge >= 0.3 is 6.09 Å². The fraction of sp³-hybridized carbons (Fsp3) is 0.485. The highest BCUT2D eigenvalue weighted by atomic mass is 16.6. The van der Waals surface area contributed by atoms with E-state index in [2.05, 4.69) is 43.0 Å². The normalized spacial score (nSPS) is 16.5. The third kappa shape index (κ3) is 6.25. The van der Waals surface area contributed by atoms with Gasteiger partial charge in [-0.15, -0.1) is 0 Å². The number of anilines is 1. The van der Waals surface area contributed by atoms with E-state index in [9.17, 15) is 9.59 Å². The van der Waals surface area contributed by atoms with Crippen LogP contribution in [0.3, 0.4) is 0 Å². The summed E-state index contributed by atoms with van der Waals surface area (Å²) in [6.45, 7) is 13.8. The Balaban J connectivity index is 1.38. The van der Waals surface area contributed by atoms with E-state index >= 15 is 0 Å². The molecule has 3 heterocycles. The molecule has 2 fully saturated rings. The second kappa shape index (κ2) is 12.1. The Morgan fingerprint density at radius 3 is 2.05 bits per heavy atom. The highest BCUT2D eigenvalue weighted by Gasteiger charge is 2.34. The number of piperidine rings is 1. The lowest BCUT2D eigenvalue weighted by Crippen LogP contribution is -2.49. The van der Waals surface area contributed by atoms with Gasteiger partial charge in [0, 0.05) is 50.9 Å². The molecule has 0 bridgehead atoms. The lowest BCUT2D eigenvalue weighted by molar-refractivity contribution is 0.0203. The van der Waals surface area contributed by atoms with Crippen molar-refractivity contribution in [2.75, 3.05) is 51.3 Å². The van der Waals surface area contributed by atoms with E-state index in [0.29, 0.717) is 31.7 Å². The number of aromatic nitrogens is 2. The zero-order chi connectivity index (χ0) is 30.0. The molecule has 2 aromatic carbocycles. The Morgan fingerprint density at radius 1 is 0.857 bits per heavy atom. The van der Waals surface area contributed by atoms with E-state index in [-0.39, 0.29) is 17.9 Å². The van der Waals surface area contributed by atoms with E-state index < -0.39 is 5.60 Å². The van der Waals surface area contributed by atoms with Crippen molar-refractivity contribution >= 4 is 17.7 Å². The molecule has 1 aromatic heterocycles. The van der Waals surface area contributed by atoms with Crippen LogP contribution in [0.4, 0.5) is 10.5 Å². The van der Waals surface area contributed by atoms with Crippen LogP contribution in [0.5, 0.6) is 5.75 Å². The number of hydrogen-bond donors (Lipinski definition) is 0. The van der Waals surface area contributed by atoms with E-state index in [0.717, 1.165) is 59.9 Å². The molecule has 2 aliphatic rings. The van der Waals surface area contributed by atoms with E-state index in [1.54, 1.807) is 18.2 Å². The Morgan fingerprint density at radius 2 is 1.48 bits per heavy atom. The minimum atomic E-state index is -0.536. The quantitative estimate of drug-likeness (QED) is 0.397. The molecule has 0 unspecified atom stereocenters. The average Bonchev–Trinajstić information content (AvgIpc) is 3.40. The molecular weight excluding hydrogens is 530 g/mol. The number of rotatable bonds is 5. The van der Waals surface area contributed by atoms with Gasteiger partial charge < -0.3 is 24.2 Å². The van der Waals surface area contributed by atoms with Crippen LogP contribution in [-0.2, 0) is 4.74 Å². The monoisotopic (exact) mass is 573 g/mol. The fourth-order valence-corrected chi connectivity index (χ4v) is 6.03. The number of carbonyl (C=O) groups excluding carboxylic acids is 2. The maximum absolute atomic E-state index is 14.1. The summed E-state index contributed by atoms with van der Waals surface area (Å²) in [6, 6.07) is 14.3. The van der Waals surface area contributed by atoms with Crippen molar-refractivity contribution in [2.45, 2.75) is 59.0 Å². The highest BCUT2D eigenvalue weighted by molar-refractivity contribution is 5.95. The first kappa shape index (κ1) is 29.5. The highest BCUT2D eigenvalue weighted by Crippen LogP contribution is 2.35. The van der Waals surface area contributed by atoms with Crippen LogP contribution in [0.25, 0.3) is 5.69 Å². The fourth-order valence-electron chi connectivity index (χ4n) is 6.03. The lowest BCUT2D eigenvalue weighted by Gasteiger charge is -2.37. The van der Waals surface area contributed by atoms with Crippen molar-refractivity contribution in [3.8, 4) is 11.4 Å². The van der Waals surface area contributed by atoms with Crippen LogP contribution in [0.15, 0.2) is 48.7 Å². The number of aryl methyl sites for hydroxylation is 2. The van der Waals surface area contributed by atoms with Crippen LogP contribution in [0.2, 0.25) is 0 Å². The number of nitrogens with zero attached hydrogens (tertiary/aromatic N) is 5. The molecule has 0 spiro atoms. The number of likely N-dealkylation sites (tertiary alicyclic amines) is 1. The molecule has 2 amide bonds. The van der Waals surface area contributed by atoms with Crippen LogP contribution >= 0.6 is 0 Å². The molecule has 224 valence electrons. The zero-order valence-electron chi connectivity index (χ0n) is 25.7. The molecule has 42 heavy (non-hydrogen) atoms. The van der Waals surface area contributed by atoms with Crippen LogP contribution in [0.1, 0.15) is 66.7 Å². The molecule has 9 heteroatoms. The van der Waals surface area contributed by atoms with E-state index in [1.165, 1.54) is 0 Å². The van der Waals surface area contributed by atoms with Crippen molar-refractivity contribution < 1.29 is 19.1 Å². The SMILES string of the molecule is COc1ccc(N2CCN(C(=O)c3cnn(-c4c(C)cccc4C)c3C3CCN(C(=O)OC(C)(C)C)CC3)CC2)cc1. The molecule has 9 nitrogen and oxygen atoms in total. The smallest absolute Gasteiger partial charge is 0.410 e. The molecule has 0 saturated carbocycles. The number of methoxy groups -OCH3 is 1. The average molecular weight is 574 g/mol. The summed E-state index contributed by atoms with van der Waals surface area (Å²) in [5.74, 6) is 0.939. The molecule has 0 aliphatic carbocycles. The summed E-state index contributed by atoms with van der Waals surface area (Å²) in [6.07, 6.45) is 2.94. The molecule has 2 saturated heterocycles. The number of para-hydroxylation sites is 1. The maximum Gasteiger partial charge on any atom is 0.410 e. The van der Waals surface area contributed by atoms with Gasteiger partial charge in [0.25, 0.3) is 5.91 Å². The summed E-state index contributed by atoms with van der Waals surface area (Å²) < 4.78 is 12.9. The van der Waals surface area contributed by atoms with Gasteiger partial charge in [-0.1, -0.05) is 18.2 Å². The second-order valence-corrected chi connectivity index (χ2v) is 12.3. The summed E-state index contributed by atoms with van der Waals surface area (Å²) in [4.78, 5) is 32.9. The number of benzene rings is 2. The van der Waals surface area contributed by atoms with Gasteiger partial charge in [0.2, 0.25) is 0 Å². The van der Waals surface area contributed by atoms with Crippen molar-refractivity contribution in [2.24, 2.45) is 0 Å². The molecule has 0 radical (unpaired) electrons. The van der Waals surface area contributed by atoms with E-state index in [4.69, 9.17) is 14.6 Å². The van der Waals surface area contributed by atoms with Gasteiger partial charge in [-0.05, 0) is 82.9 Å². The molecule has 0 atom stereocenters. The predicted octanol–water partition coefficient (Wildman–Crippen LogP) is 5.57. The second-order valence-electron chi connectivity index (χ2n) is 12.3. The van der Waals surface area contributed by atoms with Crippen molar-refractivity contribution in [1.29, 1.82) is 0 Å². The van der Waals surface area contributed by atoms with Crippen LogP contribution < -0.4 is 9.64 Å². The van der Waals surface area contributed by atoms with Gasteiger partial charge in [-0.2, -0.15) is 5.10 Å². The van der Waals surface area contributed by atoms with Gasteiger partial charge in [0.1, 0.15) is 11.4 Å². The third-order valence-corrected chi connectivity index (χ3v) is 8.23. The summed E-state index contributed by atoms with van der Waals surface area (Å²) in [5.41, 5.74) is 5.43. The topological polar surface area (TPSA) is 80.1 Å². The third-order valence-electron chi connectivity index (χ3n) is 8.23. The van der Waals surface area contributed by atoms with Crippen molar-refractivity contribution in [1.82, 2.24) is 19.6 Å². The molecule has 3 aromatic rings. The van der Waals surface area contributed by atoms with Gasteiger partial charge in [0.05, 0.1) is 30.3 Å². The predicted molar refractivity (Wildman–Crippen MR) is 164 cm³/mol. The Bertz CT molecular complexity index is 1390. The number of amides is 2. The van der Waals surface area contributed by atoms with Gasteiger partial charge in [0.15, 0.2) is 0 Å². The Hall–Kier alpha value is -4.01. The van der Waals surface area contributed by atoms with Gasteiger partial charge in [-0.25, -0.2) is 9.48 Å². The molecular formula is C33H43N5O4. The van der Waals surface area contributed by atoms with Crippen LogP contribution in [0, 0.1) is 13.8 Å². The number of carbonyl (C=O) groups is 2. The minimum Gasteiger partial charge on any atom is -0.497 e. The first-order chi connectivity index (χ1) is 20.1. The molecule has 5 rings (SSSR count). The standard InChI is InChI=1S/C33H43N5O4/c1-23-8-7-9-24(2)29(23)38-30(25-14-16-37(17-15-25)32(40)42-33(3,4)5)28(22-34-38)31(39)36-20-18-35(19-21-36)26-10-12-27(41-6)13-11-26/h7-13,22,25H,14-21H2,1-6H3. The molecule has 0 N–H and O–H groups in total. The van der Waals surface area contributed by atoms with Crippen molar-refractivity contribution in [3.63, 3.8) is 0 Å². The Kier molecular flexibility index (Phi) is 8.48. The summed E-state index contributed by atoms with van der Waals surface area (Å²) >= 11 is 0. The maximum atomic E-state index is 14.1. The van der Waals surface area contributed by atoms with E-state index in [1.807, 2.05) is 48.6 Å². The molecule has 2 aliphatic heterocycles. The summed E-state index contributed by atoms with van der Waals surface area (Å²) in [7, 11) is 1.67. The lowest BCUT2D eigenvalue weighted by atomic mass is 9.90. The number of piperazine rings is 1. The first-order valence-corrected chi connectivity index (χ1v) is 14.9. The summed E-state index contributed by atoms with van der Waals surface area (Å²) in [5, 5.41) is 4.82. The van der Waals surface area contributed by atoms with Crippen LogP contribution in [-0.4, -0.2) is 83.6 Å². The van der Waals surface area contributed by atoms with Gasteiger partial charge in [-0.3, -0.25) is 4.79 Å². The number of ether oxygens (including phenoxy) is 2. The van der Waals surface area contributed by atoms with Crippen molar-refractivity contribution in [3.05, 3.63) is 71.0 Å². The zero-order valence-corrected chi connectivity index (χ0v) is 25.7. The number of hydrogen-bond acceptors (Lipinski definition) is 6. The minimum absolute atomic E-state index is 0.0199. The Labute approximate surface area is 249 Å². The first-order valence-electron chi connectivity index (χ1n) is 14.9.